The van der Waals surface area contributed by atoms with Gasteiger partial charge in [0.2, 0.25) is 0 Å². The molecule has 1 saturated heterocycles. The number of likely N-dealkylation sites (tertiary alicyclic amines) is 1. The molecule has 0 atom stereocenters. The van der Waals surface area contributed by atoms with Gasteiger partial charge in [-0.3, -0.25) is 9.58 Å². The molecule has 1 aliphatic rings. The van der Waals surface area contributed by atoms with E-state index in [0.717, 1.165) is 70.4 Å². The molecule has 2 heterocycles. The number of hydrogen-bond donors (Lipinski definition) is 2. The molecule has 0 unspecified atom stereocenters. The minimum absolute atomic E-state index is 0.384. The Labute approximate surface area is 179 Å². The quantitative estimate of drug-likeness (QED) is 0.352. The molecule has 3 rings (SSSR count). The highest BCUT2D eigenvalue weighted by molar-refractivity contribution is 5.79. The molecule has 8 heteroatoms. The molecule has 1 aromatic heterocycles. The zero-order valence-electron chi connectivity index (χ0n) is 18.3. The minimum atomic E-state index is 0.384. The lowest BCUT2D eigenvalue weighted by molar-refractivity contribution is 0.00534. The summed E-state index contributed by atoms with van der Waals surface area (Å²) < 4.78 is 7.85. The number of nitrogens with one attached hydrogen (secondary N) is 2. The Hall–Kier alpha value is -2.45. The lowest BCUT2D eigenvalue weighted by Gasteiger charge is -2.32. The summed E-state index contributed by atoms with van der Waals surface area (Å²) in [5, 5.41) is 10.7. The van der Waals surface area contributed by atoms with E-state index in [-0.39, 0.29) is 0 Å². The molecule has 8 nitrogen and oxygen atoms in total. The highest BCUT2D eigenvalue weighted by atomic mass is 16.5. The van der Waals surface area contributed by atoms with E-state index in [0.29, 0.717) is 12.6 Å². The highest BCUT2D eigenvalue weighted by Gasteiger charge is 2.19. The van der Waals surface area contributed by atoms with Crippen LogP contribution in [0.25, 0.3) is 0 Å². The van der Waals surface area contributed by atoms with Gasteiger partial charge in [0.15, 0.2) is 5.96 Å². The van der Waals surface area contributed by atoms with E-state index in [4.69, 9.17) is 4.74 Å². The average molecular weight is 414 g/mol. The standard InChI is InChI=1S/C22H35N7O/c1-3-23-22(25-16-21-26-18-27-28(21)2)24-12-7-15-30-20-10-13-29(14-11-20)17-19-8-5-4-6-9-19/h4-6,8-9,18,20H,3,7,10-17H2,1-2H3,(H2,23,24,25). The molecular weight excluding hydrogens is 378 g/mol. The Balaban J connectivity index is 1.28. The van der Waals surface area contributed by atoms with Gasteiger partial charge in [-0.15, -0.1) is 0 Å². The highest BCUT2D eigenvalue weighted by Crippen LogP contribution is 2.16. The molecule has 2 N–H and O–H groups in total. The lowest BCUT2D eigenvalue weighted by Crippen LogP contribution is -2.39. The van der Waals surface area contributed by atoms with Gasteiger partial charge in [0, 0.05) is 46.4 Å². The number of nitrogens with zero attached hydrogens (tertiary/aromatic N) is 5. The molecular formula is C22H35N7O. The van der Waals surface area contributed by atoms with Gasteiger partial charge in [0.25, 0.3) is 0 Å². The number of aliphatic imine (C=N–C) groups is 1. The number of hydrogen-bond acceptors (Lipinski definition) is 5. The van der Waals surface area contributed by atoms with Crippen molar-refractivity contribution < 1.29 is 4.74 Å². The predicted molar refractivity (Wildman–Crippen MR) is 119 cm³/mol. The van der Waals surface area contributed by atoms with Crippen molar-refractivity contribution in [2.24, 2.45) is 12.0 Å². The van der Waals surface area contributed by atoms with Crippen molar-refractivity contribution in [3.63, 3.8) is 0 Å². The first kappa shape index (κ1) is 22.2. The van der Waals surface area contributed by atoms with Gasteiger partial charge in [-0.1, -0.05) is 30.3 Å². The van der Waals surface area contributed by atoms with E-state index in [1.54, 1.807) is 11.0 Å². The summed E-state index contributed by atoms with van der Waals surface area (Å²) >= 11 is 0. The summed E-state index contributed by atoms with van der Waals surface area (Å²) in [4.78, 5) is 11.3. The van der Waals surface area contributed by atoms with Gasteiger partial charge < -0.3 is 15.4 Å². The first-order valence-corrected chi connectivity index (χ1v) is 11.0. The van der Waals surface area contributed by atoms with Gasteiger partial charge in [-0.25, -0.2) is 9.98 Å². The first-order valence-electron chi connectivity index (χ1n) is 11.0. The third-order valence-electron chi connectivity index (χ3n) is 5.28. The van der Waals surface area contributed by atoms with Crippen LogP contribution >= 0.6 is 0 Å². The Kier molecular flexibility index (Phi) is 9.11. The van der Waals surface area contributed by atoms with Gasteiger partial charge in [0.05, 0.1) is 6.10 Å². The zero-order chi connectivity index (χ0) is 21.0. The topological polar surface area (TPSA) is 79.6 Å². The second kappa shape index (κ2) is 12.3. The maximum absolute atomic E-state index is 6.11. The number of aromatic nitrogens is 3. The lowest BCUT2D eigenvalue weighted by atomic mass is 10.1. The molecule has 1 aromatic carbocycles. The zero-order valence-corrected chi connectivity index (χ0v) is 18.3. The monoisotopic (exact) mass is 413 g/mol. The van der Waals surface area contributed by atoms with Crippen molar-refractivity contribution in [3.8, 4) is 0 Å². The minimum Gasteiger partial charge on any atom is -0.378 e. The summed E-state index contributed by atoms with van der Waals surface area (Å²) in [6.45, 7) is 8.25. The van der Waals surface area contributed by atoms with Gasteiger partial charge in [0.1, 0.15) is 18.7 Å². The van der Waals surface area contributed by atoms with E-state index < -0.39 is 0 Å². The number of ether oxygens (including phenoxy) is 1. The predicted octanol–water partition coefficient (Wildman–Crippen LogP) is 1.94. The molecule has 0 amide bonds. The fourth-order valence-corrected chi connectivity index (χ4v) is 3.56. The van der Waals surface area contributed by atoms with Crippen LogP contribution in [0, 0.1) is 0 Å². The molecule has 0 bridgehead atoms. The van der Waals surface area contributed by atoms with Crippen LogP contribution in [0.1, 0.15) is 37.6 Å². The molecule has 0 spiro atoms. The average Bonchev–Trinajstić information content (AvgIpc) is 3.18. The fourth-order valence-electron chi connectivity index (χ4n) is 3.56. The number of guanidine groups is 1. The molecule has 0 saturated carbocycles. The summed E-state index contributed by atoms with van der Waals surface area (Å²) in [6.07, 6.45) is 5.12. The van der Waals surface area contributed by atoms with E-state index >= 15 is 0 Å². The Morgan fingerprint density at radius 1 is 1.20 bits per heavy atom. The van der Waals surface area contributed by atoms with Crippen molar-refractivity contribution in [1.29, 1.82) is 0 Å². The SMILES string of the molecule is CCNC(=NCc1ncnn1C)NCCCOC1CCN(Cc2ccccc2)CC1. The Morgan fingerprint density at radius 2 is 2.00 bits per heavy atom. The van der Waals surface area contributed by atoms with Crippen LogP contribution in [-0.4, -0.2) is 64.5 Å². The van der Waals surface area contributed by atoms with Crippen molar-refractivity contribution in [3.05, 3.63) is 48.0 Å². The largest absolute Gasteiger partial charge is 0.378 e. The first-order chi connectivity index (χ1) is 14.7. The summed E-state index contributed by atoms with van der Waals surface area (Å²) in [7, 11) is 1.88. The van der Waals surface area contributed by atoms with Crippen LogP contribution in [0.15, 0.2) is 41.7 Å². The van der Waals surface area contributed by atoms with Crippen molar-refractivity contribution >= 4 is 5.96 Å². The smallest absolute Gasteiger partial charge is 0.191 e. The van der Waals surface area contributed by atoms with Crippen molar-refractivity contribution in [2.75, 3.05) is 32.8 Å². The summed E-state index contributed by atoms with van der Waals surface area (Å²) in [5.41, 5.74) is 1.39. The van der Waals surface area contributed by atoms with Gasteiger partial charge in [-0.05, 0) is 31.7 Å². The molecule has 1 aliphatic heterocycles. The number of benzene rings is 1. The van der Waals surface area contributed by atoms with Gasteiger partial charge in [-0.2, -0.15) is 5.10 Å². The van der Waals surface area contributed by atoms with Crippen LogP contribution in [-0.2, 0) is 24.9 Å². The fraction of sp³-hybridized carbons (Fsp3) is 0.591. The third kappa shape index (κ3) is 7.42. The van der Waals surface area contributed by atoms with E-state index in [2.05, 4.69) is 67.9 Å². The molecule has 1 fully saturated rings. The van der Waals surface area contributed by atoms with Crippen LogP contribution in [0.5, 0.6) is 0 Å². The summed E-state index contributed by atoms with van der Waals surface area (Å²) in [6, 6.07) is 10.7. The molecule has 0 aliphatic carbocycles. The third-order valence-corrected chi connectivity index (χ3v) is 5.28. The second-order valence-corrected chi connectivity index (χ2v) is 7.61. The number of aryl methyl sites for hydroxylation is 1. The van der Waals surface area contributed by atoms with Crippen LogP contribution in [0.3, 0.4) is 0 Å². The number of piperidine rings is 1. The molecule has 164 valence electrons. The Bertz CT molecular complexity index is 754. The van der Waals surface area contributed by atoms with Crippen LogP contribution in [0.4, 0.5) is 0 Å². The molecule has 2 aromatic rings. The van der Waals surface area contributed by atoms with Crippen molar-refractivity contribution in [2.45, 2.75) is 45.4 Å². The van der Waals surface area contributed by atoms with Crippen molar-refractivity contribution in [1.82, 2.24) is 30.3 Å². The number of rotatable bonds is 10. The second-order valence-electron chi connectivity index (χ2n) is 7.61. The maximum atomic E-state index is 6.11. The molecule has 30 heavy (non-hydrogen) atoms. The van der Waals surface area contributed by atoms with E-state index in [9.17, 15) is 0 Å². The van der Waals surface area contributed by atoms with E-state index in [1.807, 2.05) is 7.05 Å². The van der Waals surface area contributed by atoms with Crippen LogP contribution in [0.2, 0.25) is 0 Å². The summed E-state index contributed by atoms with van der Waals surface area (Å²) in [5.74, 6) is 1.64. The maximum Gasteiger partial charge on any atom is 0.191 e. The molecule has 0 radical (unpaired) electrons. The Morgan fingerprint density at radius 3 is 2.70 bits per heavy atom. The van der Waals surface area contributed by atoms with Crippen LogP contribution < -0.4 is 10.6 Å². The van der Waals surface area contributed by atoms with Gasteiger partial charge >= 0.3 is 0 Å². The normalized spacial score (nSPS) is 16.0. The van der Waals surface area contributed by atoms with E-state index in [1.165, 1.54) is 5.56 Å².